The van der Waals surface area contributed by atoms with Crippen molar-refractivity contribution in [3.63, 3.8) is 0 Å². The number of aryl methyl sites for hydroxylation is 1. The number of carbonyl (C=O) groups is 1. The number of benzene rings is 2. The fraction of sp³-hybridized carbons (Fsp3) is 0.345. The van der Waals surface area contributed by atoms with E-state index in [1.54, 1.807) is 6.07 Å². The lowest BCUT2D eigenvalue weighted by molar-refractivity contribution is 0.0947. The smallest absolute Gasteiger partial charge is 0.252 e. The molecule has 2 fully saturated rings. The highest BCUT2D eigenvalue weighted by Crippen LogP contribution is 2.34. The van der Waals surface area contributed by atoms with Gasteiger partial charge in [0.25, 0.3) is 5.91 Å². The van der Waals surface area contributed by atoms with Crippen LogP contribution in [0.2, 0.25) is 0 Å². The van der Waals surface area contributed by atoms with Gasteiger partial charge < -0.3 is 10.2 Å². The molecular formula is C29H31FN6OS. The quantitative estimate of drug-likeness (QED) is 0.279. The van der Waals surface area contributed by atoms with Crippen LogP contribution in [0.25, 0.3) is 23.1 Å². The van der Waals surface area contributed by atoms with E-state index in [1.807, 2.05) is 41.2 Å². The van der Waals surface area contributed by atoms with Crippen LogP contribution in [-0.2, 0) is 6.54 Å². The molecule has 1 aliphatic heterocycles. The van der Waals surface area contributed by atoms with E-state index in [0.29, 0.717) is 5.56 Å². The molecule has 2 N–H and O–H groups in total. The Morgan fingerprint density at radius 1 is 1.13 bits per heavy atom. The van der Waals surface area contributed by atoms with Crippen molar-refractivity contribution in [1.82, 2.24) is 30.2 Å². The highest BCUT2D eigenvalue weighted by molar-refractivity contribution is 7.99. The van der Waals surface area contributed by atoms with Crippen molar-refractivity contribution in [2.24, 2.45) is 0 Å². The van der Waals surface area contributed by atoms with Gasteiger partial charge in [-0.25, -0.2) is 4.39 Å². The largest absolute Gasteiger partial charge is 0.349 e. The number of likely N-dealkylation sites (tertiary alicyclic amines) is 1. The molecule has 6 rings (SSSR count). The molecule has 1 saturated heterocycles. The van der Waals surface area contributed by atoms with Gasteiger partial charge in [-0.2, -0.15) is 10.2 Å². The number of amides is 1. The Balaban J connectivity index is 1.11. The normalized spacial score (nSPS) is 16.1. The Hall–Kier alpha value is -3.43. The maximum absolute atomic E-state index is 13.9. The second-order valence-corrected chi connectivity index (χ2v) is 11.2. The van der Waals surface area contributed by atoms with E-state index in [1.165, 1.54) is 49.8 Å². The molecule has 3 heterocycles. The Morgan fingerprint density at radius 2 is 2.00 bits per heavy atom. The maximum Gasteiger partial charge on any atom is 0.252 e. The van der Waals surface area contributed by atoms with Gasteiger partial charge >= 0.3 is 0 Å². The summed E-state index contributed by atoms with van der Waals surface area (Å²) in [7, 11) is 0. The summed E-state index contributed by atoms with van der Waals surface area (Å²) in [5, 5.41) is 16.1. The van der Waals surface area contributed by atoms with E-state index in [0.717, 1.165) is 64.3 Å². The molecule has 1 amide bonds. The summed E-state index contributed by atoms with van der Waals surface area (Å²) in [6.45, 7) is 4.53. The number of aromatic amines is 1. The van der Waals surface area contributed by atoms with E-state index in [9.17, 15) is 9.18 Å². The number of nitrogens with one attached hydrogen (secondary N) is 2. The summed E-state index contributed by atoms with van der Waals surface area (Å²) in [4.78, 5) is 16.8. The zero-order chi connectivity index (χ0) is 25.9. The minimum absolute atomic E-state index is 0.213. The van der Waals surface area contributed by atoms with Gasteiger partial charge in [0, 0.05) is 39.5 Å². The molecule has 38 heavy (non-hydrogen) atoms. The molecule has 9 heteroatoms. The highest BCUT2D eigenvalue weighted by Gasteiger charge is 2.25. The van der Waals surface area contributed by atoms with Crippen molar-refractivity contribution in [1.29, 1.82) is 0 Å². The summed E-state index contributed by atoms with van der Waals surface area (Å²) in [6, 6.07) is 10.6. The molecule has 2 aliphatic rings. The highest BCUT2D eigenvalue weighted by atomic mass is 32.2. The molecule has 0 spiro atoms. The van der Waals surface area contributed by atoms with Crippen LogP contribution < -0.4 is 5.32 Å². The predicted octanol–water partition coefficient (Wildman–Crippen LogP) is 5.60. The monoisotopic (exact) mass is 530 g/mol. The second-order valence-electron chi connectivity index (χ2n) is 10.1. The summed E-state index contributed by atoms with van der Waals surface area (Å²) >= 11 is 1.44. The first-order valence-corrected chi connectivity index (χ1v) is 14.1. The van der Waals surface area contributed by atoms with E-state index >= 15 is 0 Å². The second kappa shape index (κ2) is 11.1. The number of hydrogen-bond acceptors (Lipinski definition) is 5. The molecule has 7 nitrogen and oxygen atoms in total. The molecule has 196 valence electrons. The Labute approximate surface area is 225 Å². The topological polar surface area (TPSA) is 78.8 Å². The predicted molar refractivity (Wildman–Crippen MR) is 149 cm³/mol. The molecule has 0 bridgehead atoms. The van der Waals surface area contributed by atoms with Gasteiger partial charge in [-0.1, -0.05) is 11.8 Å². The van der Waals surface area contributed by atoms with Crippen LogP contribution in [0.3, 0.4) is 0 Å². The van der Waals surface area contributed by atoms with Gasteiger partial charge in [-0.3, -0.25) is 14.6 Å². The van der Waals surface area contributed by atoms with E-state index in [4.69, 9.17) is 0 Å². The summed E-state index contributed by atoms with van der Waals surface area (Å²) < 4.78 is 15.9. The van der Waals surface area contributed by atoms with Gasteiger partial charge in [0.2, 0.25) is 0 Å². The Morgan fingerprint density at radius 3 is 2.84 bits per heavy atom. The standard InChI is InChI=1S/C29H31FN6OS/c30-21-5-11-28(25(16-21)29(37)32-22-6-7-22)38-23-8-9-24-26(33-34-27(24)17-23)10-4-20-18-31-36(19-20)15-3-14-35-12-1-2-13-35/h4-5,8-11,16-19,22H,1-3,6-7,12-15H2,(H,32,37)(H,33,34)/b10-4+. The number of hydrogen-bond donors (Lipinski definition) is 2. The molecule has 2 aromatic heterocycles. The average Bonchev–Trinajstić information content (AvgIpc) is 3.27. The van der Waals surface area contributed by atoms with Crippen molar-refractivity contribution < 1.29 is 9.18 Å². The van der Waals surface area contributed by atoms with Crippen molar-refractivity contribution in [2.75, 3.05) is 19.6 Å². The lowest BCUT2D eigenvalue weighted by Crippen LogP contribution is -2.26. The number of aromatic nitrogens is 4. The van der Waals surface area contributed by atoms with Crippen LogP contribution in [0, 0.1) is 5.82 Å². The first kappa shape index (κ1) is 24.9. The van der Waals surface area contributed by atoms with Gasteiger partial charge in [0.1, 0.15) is 5.82 Å². The molecule has 4 aromatic rings. The first-order valence-electron chi connectivity index (χ1n) is 13.3. The number of halogens is 1. The fourth-order valence-electron chi connectivity index (χ4n) is 4.82. The van der Waals surface area contributed by atoms with Crippen LogP contribution in [0.1, 0.15) is 53.7 Å². The molecule has 1 saturated carbocycles. The van der Waals surface area contributed by atoms with Crippen LogP contribution >= 0.6 is 11.8 Å². The summed E-state index contributed by atoms with van der Waals surface area (Å²) in [5.41, 5.74) is 3.16. The minimum atomic E-state index is -0.414. The van der Waals surface area contributed by atoms with Crippen molar-refractivity contribution in [3.05, 3.63) is 71.4 Å². The minimum Gasteiger partial charge on any atom is -0.349 e. The third-order valence-electron chi connectivity index (χ3n) is 7.04. The SMILES string of the molecule is O=C(NC1CC1)c1cc(F)ccc1Sc1ccc2c(/C=C/c3cnn(CCCN4CCCC4)c3)n[nH]c2c1. The van der Waals surface area contributed by atoms with E-state index < -0.39 is 5.82 Å². The summed E-state index contributed by atoms with van der Waals surface area (Å²) in [5.74, 6) is -0.636. The average molecular weight is 531 g/mol. The Bertz CT molecular complexity index is 1470. The molecular weight excluding hydrogens is 499 g/mol. The number of rotatable bonds is 10. The fourth-order valence-corrected chi connectivity index (χ4v) is 5.79. The first-order chi connectivity index (χ1) is 18.6. The summed E-state index contributed by atoms with van der Waals surface area (Å²) in [6.07, 6.45) is 13.7. The molecule has 0 unspecified atom stereocenters. The molecule has 0 atom stereocenters. The zero-order valence-electron chi connectivity index (χ0n) is 21.2. The van der Waals surface area contributed by atoms with Crippen LogP contribution in [0.15, 0.2) is 58.6 Å². The van der Waals surface area contributed by atoms with Gasteiger partial charge in [-0.05, 0) is 100 Å². The lowest BCUT2D eigenvalue weighted by atomic mass is 10.2. The van der Waals surface area contributed by atoms with Gasteiger partial charge in [0.15, 0.2) is 0 Å². The van der Waals surface area contributed by atoms with Crippen LogP contribution in [0.4, 0.5) is 4.39 Å². The van der Waals surface area contributed by atoms with Gasteiger partial charge in [0.05, 0.1) is 23.0 Å². The Kier molecular flexibility index (Phi) is 7.29. The van der Waals surface area contributed by atoms with Crippen LogP contribution in [-0.4, -0.2) is 56.5 Å². The maximum atomic E-state index is 13.9. The van der Waals surface area contributed by atoms with E-state index in [2.05, 4.69) is 31.7 Å². The van der Waals surface area contributed by atoms with Crippen molar-refractivity contribution >= 4 is 40.7 Å². The molecule has 1 aliphatic carbocycles. The number of nitrogens with zero attached hydrogens (tertiary/aromatic N) is 4. The van der Waals surface area contributed by atoms with Crippen molar-refractivity contribution in [3.8, 4) is 0 Å². The molecule has 2 aromatic carbocycles. The van der Waals surface area contributed by atoms with Crippen LogP contribution in [0.5, 0.6) is 0 Å². The van der Waals surface area contributed by atoms with Crippen molar-refractivity contribution in [2.45, 2.75) is 54.5 Å². The third-order valence-corrected chi connectivity index (χ3v) is 8.10. The zero-order valence-corrected chi connectivity index (χ0v) is 22.0. The van der Waals surface area contributed by atoms with E-state index in [-0.39, 0.29) is 11.9 Å². The number of fused-ring (bicyclic) bond motifs is 1. The molecule has 0 radical (unpaired) electrons. The lowest BCUT2D eigenvalue weighted by Gasteiger charge is -2.13. The third kappa shape index (κ3) is 6.00. The number of carbonyl (C=O) groups excluding carboxylic acids is 1. The van der Waals surface area contributed by atoms with Gasteiger partial charge in [-0.15, -0.1) is 0 Å². The number of H-pyrrole nitrogens is 1.